The van der Waals surface area contributed by atoms with Crippen molar-refractivity contribution < 1.29 is 14.7 Å². The van der Waals surface area contributed by atoms with E-state index in [1.54, 1.807) is 6.92 Å². The van der Waals surface area contributed by atoms with Crippen LogP contribution in [0.4, 0.5) is 10.5 Å². The zero-order valence-corrected chi connectivity index (χ0v) is 12.9. The van der Waals surface area contributed by atoms with Gasteiger partial charge in [0, 0.05) is 5.69 Å². The van der Waals surface area contributed by atoms with Crippen LogP contribution >= 0.6 is 0 Å². The Morgan fingerprint density at radius 3 is 2.29 bits per heavy atom. The van der Waals surface area contributed by atoms with Crippen molar-refractivity contribution in [3.8, 4) is 0 Å². The molecule has 0 fully saturated rings. The Labute approximate surface area is 125 Å². The highest BCUT2D eigenvalue weighted by atomic mass is 16.4. The lowest BCUT2D eigenvalue weighted by atomic mass is 10.00. The van der Waals surface area contributed by atoms with E-state index in [1.807, 2.05) is 24.3 Å². The summed E-state index contributed by atoms with van der Waals surface area (Å²) in [5.41, 5.74) is 0.619. The number of hydrogen-bond acceptors (Lipinski definition) is 2. The van der Waals surface area contributed by atoms with Crippen LogP contribution < -0.4 is 10.6 Å². The summed E-state index contributed by atoms with van der Waals surface area (Å²) in [6.07, 6.45) is 3.62. The number of aryl methyl sites for hydroxylation is 1. The molecule has 0 aliphatic carbocycles. The standard InChI is InChI=1S/C16H24N2O3/c1-4-6-7-12-8-10-13(11-9-12)17-15(21)18-16(3,5-2)14(19)20/h8-11H,4-7H2,1-3H3,(H,19,20)(H2,17,18,21). The summed E-state index contributed by atoms with van der Waals surface area (Å²) in [5, 5.41) is 14.3. The van der Waals surface area contributed by atoms with Gasteiger partial charge in [0.1, 0.15) is 5.54 Å². The Morgan fingerprint density at radius 1 is 1.19 bits per heavy atom. The smallest absolute Gasteiger partial charge is 0.329 e. The van der Waals surface area contributed by atoms with Crippen molar-refractivity contribution in [2.75, 3.05) is 5.32 Å². The van der Waals surface area contributed by atoms with Gasteiger partial charge in [0.2, 0.25) is 0 Å². The predicted octanol–water partition coefficient (Wildman–Crippen LogP) is 3.40. The second kappa shape index (κ2) is 7.67. The van der Waals surface area contributed by atoms with Crippen LogP contribution in [0.1, 0.15) is 45.6 Å². The molecular weight excluding hydrogens is 268 g/mol. The number of urea groups is 1. The van der Waals surface area contributed by atoms with Crippen molar-refractivity contribution in [1.29, 1.82) is 0 Å². The molecule has 0 saturated carbocycles. The van der Waals surface area contributed by atoms with Gasteiger partial charge >= 0.3 is 12.0 Å². The van der Waals surface area contributed by atoms with E-state index in [4.69, 9.17) is 5.11 Å². The summed E-state index contributed by atoms with van der Waals surface area (Å²) in [6, 6.07) is 7.09. The maximum atomic E-state index is 11.9. The van der Waals surface area contributed by atoms with Crippen molar-refractivity contribution in [2.45, 2.75) is 52.0 Å². The third kappa shape index (κ3) is 5.10. The fourth-order valence-electron chi connectivity index (χ4n) is 1.84. The van der Waals surface area contributed by atoms with E-state index < -0.39 is 17.5 Å². The fourth-order valence-corrected chi connectivity index (χ4v) is 1.84. The monoisotopic (exact) mass is 292 g/mol. The maximum absolute atomic E-state index is 11.9. The zero-order valence-electron chi connectivity index (χ0n) is 12.9. The normalized spacial score (nSPS) is 13.3. The SMILES string of the molecule is CCCCc1ccc(NC(=O)NC(C)(CC)C(=O)O)cc1. The summed E-state index contributed by atoms with van der Waals surface area (Å²) >= 11 is 0. The molecule has 5 heteroatoms. The lowest BCUT2D eigenvalue weighted by molar-refractivity contribution is -0.143. The molecule has 1 aromatic carbocycles. The molecule has 116 valence electrons. The van der Waals surface area contributed by atoms with Gasteiger partial charge in [0.15, 0.2) is 0 Å². The number of anilines is 1. The quantitative estimate of drug-likeness (QED) is 0.720. The average molecular weight is 292 g/mol. The number of carbonyl (C=O) groups is 2. The van der Waals surface area contributed by atoms with E-state index in [2.05, 4.69) is 17.6 Å². The summed E-state index contributed by atoms with van der Waals surface area (Å²) in [5.74, 6) is -1.05. The molecule has 1 atom stereocenters. The van der Waals surface area contributed by atoms with Crippen LogP contribution in [0, 0.1) is 0 Å². The number of unbranched alkanes of at least 4 members (excludes halogenated alkanes) is 1. The number of carboxylic acids is 1. The van der Waals surface area contributed by atoms with E-state index >= 15 is 0 Å². The minimum Gasteiger partial charge on any atom is -0.480 e. The second-order valence-corrected chi connectivity index (χ2v) is 5.37. The Kier molecular flexibility index (Phi) is 6.21. The van der Waals surface area contributed by atoms with Crippen molar-refractivity contribution in [3.05, 3.63) is 29.8 Å². The number of carboxylic acid groups (broad SMARTS) is 1. The van der Waals surface area contributed by atoms with Gasteiger partial charge in [-0.25, -0.2) is 9.59 Å². The minimum absolute atomic E-state index is 0.311. The molecule has 0 aliphatic rings. The van der Waals surface area contributed by atoms with Crippen LogP contribution in [0.15, 0.2) is 24.3 Å². The van der Waals surface area contributed by atoms with Crippen LogP contribution in [0.5, 0.6) is 0 Å². The van der Waals surface area contributed by atoms with Crippen molar-refractivity contribution in [3.63, 3.8) is 0 Å². The summed E-state index contributed by atoms with van der Waals surface area (Å²) in [4.78, 5) is 23.0. The largest absolute Gasteiger partial charge is 0.480 e. The highest BCUT2D eigenvalue weighted by Gasteiger charge is 2.32. The van der Waals surface area contributed by atoms with Gasteiger partial charge in [0.25, 0.3) is 0 Å². The number of hydrogen-bond donors (Lipinski definition) is 3. The van der Waals surface area contributed by atoms with Crippen LogP contribution in [-0.4, -0.2) is 22.6 Å². The first-order chi connectivity index (χ1) is 9.91. The fraction of sp³-hybridized carbons (Fsp3) is 0.500. The van der Waals surface area contributed by atoms with Crippen molar-refractivity contribution >= 4 is 17.7 Å². The molecule has 0 aliphatic heterocycles. The molecule has 5 nitrogen and oxygen atoms in total. The van der Waals surface area contributed by atoms with Gasteiger partial charge in [-0.1, -0.05) is 32.4 Å². The van der Waals surface area contributed by atoms with E-state index in [1.165, 1.54) is 12.5 Å². The first kappa shape index (κ1) is 17.0. The Hall–Kier alpha value is -2.04. The maximum Gasteiger partial charge on any atom is 0.329 e. The van der Waals surface area contributed by atoms with Gasteiger partial charge < -0.3 is 15.7 Å². The highest BCUT2D eigenvalue weighted by molar-refractivity contribution is 5.93. The molecular formula is C16H24N2O3. The third-order valence-electron chi connectivity index (χ3n) is 3.60. The van der Waals surface area contributed by atoms with Crippen LogP contribution in [-0.2, 0) is 11.2 Å². The molecule has 21 heavy (non-hydrogen) atoms. The number of aliphatic carboxylic acids is 1. The van der Waals surface area contributed by atoms with Crippen molar-refractivity contribution in [2.24, 2.45) is 0 Å². The lowest BCUT2D eigenvalue weighted by Gasteiger charge is -2.24. The van der Waals surface area contributed by atoms with E-state index in [0.717, 1.165) is 19.3 Å². The van der Waals surface area contributed by atoms with Crippen LogP contribution in [0.25, 0.3) is 0 Å². The molecule has 0 spiro atoms. The molecule has 0 saturated heterocycles. The summed E-state index contributed by atoms with van der Waals surface area (Å²) in [6.45, 7) is 5.35. The molecule has 0 aromatic heterocycles. The zero-order chi connectivity index (χ0) is 15.9. The van der Waals surface area contributed by atoms with Crippen molar-refractivity contribution in [1.82, 2.24) is 5.32 Å². The van der Waals surface area contributed by atoms with Gasteiger partial charge in [-0.15, -0.1) is 0 Å². The number of nitrogens with one attached hydrogen (secondary N) is 2. The molecule has 0 bridgehead atoms. The van der Waals surface area contributed by atoms with Gasteiger partial charge in [-0.3, -0.25) is 0 Å². The first-order valence-corrected chi connectivity index (χ1v) is 7.32. The molecule has 0 radical (unpaired) electrons. The van der Waals surface area contributed by atoms with Crippen LogP contribution in [0.2, 0.25) is 0 Å². The predicted molar refractivity (Wildman–Crippen MR) is 83.5 cm³/mol. The molecule has 3 N–H and O–H groups in total. The third-order valence-corrected chi connectivity index (χ3v) is 3.60. The summed E-state index contributed by atoms with van der Waals surface area (Å²) < 4.78 is 0. The number of benzene rings is 1. The van der Waals surface area contributed by atoms with E-state index in [-0.39, 0.29) is 0 Å². The Bertz CT molecular complexity index is 485. The molecule has 0 heterocycles. The number of rotatable bonds is 7. The van der Waals surface area contributed by atoms with Gasteiger partial charge in [0.05, 0.1) is 0 Å². The van der Waals surface area contributed by atoms with E-state index in [0.29, 0.717) is 12.1 Å². The second-order valence-electron chi connectivity index (χ2n) is 5.37. The number of amides is 2. The Balaban J connectivity index is 2.60. The topological polar surface area (TPSA) is 78.4 Å². The van der Waals surface area contributed by atoms with Gasteiger partial charge in [-0.2, -0.15) is 0 Å². The average Bonchev–Trinajstić information content (AvgIpc) is 2.46. The molecule has 1 rings (SSSR count). The lowest BCUT2D eigenvalue weighted by Crippen LogP contribution is -2.53. The molecule has 2 amide bonds. The molecule has 1 aromatic rings. The minimum atomic E-state index is -1.26. The first-order valence-electron chi connectivity index (χ1n) is 7.32. The Morgan fingerprint density at radius 2 is 1.81 bits per heavy atom. The van der Waals surface area contributed by atoms with Crippen LogP contribution in [0.3, 0.4) is 0 Å². The highest BCUT2D eigenvalue weighted by Crippen LogP contribution is 2.13. The summed E-state index contributed by atoms with van der Waals surface area (Å²) in [7, 11) is 0. The molecule has 1 unspecified atom stereocenters. The van der Waals surface area contributed by atoms with E-state index in [9.17, 15) is 9.59 Å². The van der Waals surface area contributed by atoms with Gasteiger partial charge in [-0.05, 0) is 43.9 Å². The number of carbonyl (C=O) groups excluding carboxylic acids is 1.